The van der Waals surface area contributed by atoms with E-state index >= 15 is 0 Å². The molecule has 2 aromatic heterocycles. The molecule has 0 bridgehead atoms. The van der Waals surface area contributed by atoms with Crippen molar-refractivity contribution in [2.45, 2.75) is 25.5 Å². The van der Waals surface area contributed by atoms with Crippen LogP contribution in [0.2, 0.25) is 0 Å². The largest absolute Gasteiger partial charge is 0.387 e. The van der Waals surface area contributed by atoms with Crippen LogP contribution in [0.5, 0.6) is 0 Å². The van der Waals surface area contributed by atoms with Crippen LogP contribution >= 0.6 is 22.7 Å². The lowest BCUT2D eigenvalue weighted by Crippen LogP contribution is -2.32. The summed E-state index contributed by atoms with van der Waals surface area (Å²) in [6, 6.07) is 14.2. The lowest BCUT2D eigenvalue weighted by Gasteiger charge is -2.20. The molecule has 2 atom stereocenters. The van der Waals surface area contributed by atoms with Gasteiger partial charge in [-0.25, -0.2) is 0 Å². The molecule has 2 nitrogen and oxygen atoms in total. The molecule has 0 saturated heterocycles. The molecule has 4 heteroatoms. The molecular formula is C21H23NOS2. The van der Waals surface area contributed by atoms with Crippen molar-refractivity contribution in [3.8, 4) is 0 Å². The fourth-order valence-electron chi connectivity index (χ4n) is 2.82. The number of aliphatic hydroxyl groups excluding tert-OH is 1. The predicted molar refractivity (Wildman–Crippen MR) is 109 cm³/mol. The van der Waals surface area contributed by atoms with Crippen LogP contribution in [-0.2, 0) is 0 Å². The minimum atomic E-state index is -0.488. The van der Waals surface area contributed by atoms with Crippen LogP contribution in [0.3, 0.4) is 0 Å². The van der Waals surface area contributed by atoms with E-state index in [1.165, 1.54) is 16.7 Å². The highest BCUT2D eigenvalue weighted by molar-refractivity contribution is 7.08. The Labute approximate surface area is 157 Å². The molecule has 0 aliphatic heterocycles. The summed E-state index contributed by atoms with van der Waals surface area (Å²) < 4.78 is 0. The van der Waals surface area contributed by atoms with Gasteiger partial charge in [-0.05, 0) is 75.8 Å². The second-order valence-electron chi connectivity index (χ2n) is 6.03. The molecule has 0 amide bonds. The predicted octanol–water partition coefficient (Wildman–Crippen LogP) is 5.34. The third-order valence-corrected chi connectivity index (χ3v) is 5.60. The summed E-state index contributed by atoms with van der Waals surface area (Å²) in [5.41, 5.74) is 4.80. The minimum Gasteiger partial charge on any atom is -0.387 e. The standard InChI is InChI=1S/C21H23NOS2/c1-16(21(23)17-6-3-2-4-7-17)22-11-5-8-20(18-9-12-24-14-18)19-10-13-25-15-19/h2-4,6-10,12-16,21-23H,5,11H2,1H3. The van der Waals surface area contributed by atoms with Gasteiger partial charge in [0.15, 0.2) is 0 Å². The Hall–Kier alpha value is -1.72. The van der Waals surface area contributed by atoms with Gasteiger partial charge in [0.2, 0.25) is 0 Å². The molecule has 2 N–H and O–H groups in total. The molecule has 130 valence electrons. The van der Waals surface area contributed by atoms with Gasteiger partial charge in [-0.1, -0.05) is 36.4 Å². The van der Waals surface area contributed by atoms with E-state index in [1.54, 1.807) is 22.7 Å². The first-order valence-corrected chi connectivity index (χ1v) is 10.4. The Morgan fingerprint density at radius 1 is 1.04 bits per heavy atom. The summed E-state index contributed by atoms with van der Waals surface area (Å²) in [5, 5.41) is 22.5. The fraction of sp³-hybridized carbons (Fsp3) is 0.238. The highest BCUT2D eigenvalue weighted by Crippen LogP contribution is 2.27. The van der Waals surface area contributed by atoms with E-state index in [1.807, 2.05) is 37.3 Å². The van der Waals surface area contributed by atoms with Gasteiger partial charge >= 0.3 is 0 Å². The summed E-state index contributed by atoms with van der Waals surface area (Å²) >= 11 is 3.45. The highest BCUT2D eigenvalue weighted by atomic mass is 32.1. The monoisotopic (exact) mass is 369 g/mol. The Bertz CT molecular complexity index is 727. The zero-order valence-electron chi connectivity index (χ0n) is 14.3. The lowest BCUT2D eigenvalue weighted by molar-refractivity contribution is 0.136. The van der Waals surface area contributed by atoms with Gasteiger partial charge in [0.1, 0.15) is 0 Å². The summed E-state index contributed by atoms with van der Waals surface area (Å²) in [4.78, 5) is 0. The Morgan fingerprint density at radius 2 is 1.68 bits per heavy atom. The number of rotatable bonds is 8. The smallest absolute Gasteiger partial charge is 0.0940 e. The van der Waals surface area contributed by atoms with Crippen molar-refractivity contribution >= 4 is 28.2 Å². The first-order chi connectivity index (χ1) is 12.3. The third kappa shape index (κ3) is 4.89. The van der Waals surface area contributed by atoms with Crippen molar-refractivity contribution in [1.29, 1.82) is 0 Å². The number of hydrogen-bond acceptors (Lipinski definition) is 4. The molecule has 0 radical (unpaired) electrons. The van der Waals surface area contributed by atoms with E-state index in [9.17, 15) is 5.11 Å². The van der Waals surface area contributed by atoms with E-state index < -0.39 is 6.10 Å². The first-order valence-electron chi connectivity index (χ1n) is 8.47. The van der Waals surface area contributed by atoms with Crippen LogP contribution < -0.4 is 5.32 Å². The van der Waals surface area contributed by atoms with Crippen molar-refractivity contribution in [2.24, 2.45) is 0 Å². The molecule has 0 saturated carbocycles. The average Bonchev–Trinajstić information content (AvgIpc) is 3.36. The van der Waals surface area contributed by atoms with Gasteiger partial charge < -0.3 is 10.4 Å². The average molecular weight is 370 g/mol. The third-order valence-electron chi connectivity index (χ3n) is 4.24. The fourth-order valence-corrected chi connectivity index (χ4v) is 4.13. The van der Waals surface area contributed by atoms with Gasteiger partial charge in [0.05, 0.1) is 6.10 Å². The zero-order valence-corrected chi connectivity index (χ0v) is 15.9. The van der Waals surface area contributed by atoms with E-state index in [2.05, 4.69) is 45.0 Å². The van der Waals surface area contributed by atoms with Crippen molar-refractivity contribution in [2.75, 3.05) is 6.54 Å². The van der Waals surface area contributed by atoms with Gasteiger partial charge in [-0.15, -0.1) is 0 Å². The summed E-state index contributed by atoms with van der Waals surface area (Å²) in [6.07, 6.45) is 2.73. The Balaban J connectivity index is 1.58. The molecule has 0 fully saturated rings. The molecule has 3 rings (SSSR count). The van der Waals surface area contributed by atoms with E-state index in [0.29, 0.717) is 0 Å². The topological polar surface area (TPSA) is 32.3 Å². The maximum atomic E-state index is 10.4. The van der Waals surface area contributed by atoms with Crippen molar-refractivity contribution < 1.29 is 5.11 Å². The maximum absolute atomic E-state index is 10.4. The van der Waals surface area contributed by atoms with Crippen LogP contribution in [0.25, 0.3) is 5.57 Å². The maximum Gasteiger partial charge on any atom is 0.0940 e. The second kappa shape index (κ2) is 9.11. The van der Waals surface area contributed by atoms with Gasteiger partial charge in [0.25, 0.3) is 0 Å². The number of thiophene rings is 2. The highest BCUT2D eigenvalue weighted by Gasteiger charge is 2.15. The normalized spacial score (nSPS) is 13.4. The lowest BCUT2D eigenvalue weighted by atomic mass is 10.0. The van der Waals surface area contributed by atoms with Crippen molar-refractivity contribution in [3.63, 3.8) is 0 Å². The summed E-state index contributed by atoms with van der Waals surface area (Å²) in [6.45, 7) is 2.86. The van der Waals surface area contributed by atoms with Crippen LogP contribution in [0, 0.1) is 0 Å². The molecule has 0 aliphatic carbocycles. The van der Waals surface area contributed by atoms with Crippen LogP contribution in [0.15, 0.2) is 70.1 Å². The second-order valence-corrected chi connectivity index (χ2v) is 7.59. The molecule has 25 heavy (non-hydrogen) atoms. The summed E-state index contributed by atoms with van der Waals surface area (Å²) in [5.74, 6) is 0. The zero-order chi connectivity index (χ0) is 17.5. The molecule has 2 heterocycles. The van der Waals surface area contributed by atoms with Gasteiger partial charge in [-0.2, -0.15) is 22.7 Å². The van der Waals surface area contributed by atoms with E-state index in [0.717, 1.165) is 18.5 Å². The molecule has 0 spiro atoms. The van der Waals surface area contributed by atoms with Crippen molar-refractivity contribution in [1.82, 2.24) is 5.32 Å². The molecule has 1 aromatic carbocycles. The SMILES string of the molecule is CC(NCCC=C(c1ccsc1)c1ccsc1)C(O)c1ccccc1. The quantitative estimate of drug-likeness (QED) is 0.525. The van der Waals surface area contributed by atoms with Crippen molar-refractivity contribution in [3.05, 3.63) is 86.8 Å². The van der Waals surface area contributed by atoms with E-state index in [4.69, 9.17) is 0 Å². The van der Waals surface area contributed by atoms with Crippen LogP contribution in [-0.4, -0.2) is 17.7 Å². The number of nitrogens with one attached hydrogen (secondary N) is 1. The number of hydrogen-bond donors (Lipinski definition) is 2. The van der Waals surface area contributed by atoms with E-state index in [-0.39, 0.29) is 6.04 Å². The summed E-state index contributed by atoms with van der Waals surface area (Å²) in [7, 11) is 0. The van der Waals surface area contributed by atoms with Gasteiger partial charge in [-0.3, -0.25) is 0 Å². The first kappa shape index (κ1) is 18.1. The van der Waals surface area contributed by atoms with Crippen LogP contribution in [0.1, 0.15) is 36.1 Å². The molecule has 2 unspecified atom stereocenters. The minimum absolute atomic E-state index is 0.0153. The molecule has 0 aliphatic rings. The Morgan fingerprint density at radius 3 is 2.24 bits per heavy atom. The van der Waals surface area contributed by atoms with Crippen LogP contribution in [0.4, 0.5) is 0 Å². The molecule has 3 aromatic rings. The molecular weight excluding hydrogens is 346 g/mol. The number of aliphatic hydroxyl groups is 1. The Kier molecular flexibility index (Phi) is 6.59. The van der Waals surface area contributed by atoms with Gasteiger partial charge in [0, 0.05) is 6.04 Å². The number of benzene rings is 1.